The highest BCUT2D eigenvalue weighted by Crippen LogP contribution is 2.23. The zero-order valence-electron chi connectivity index (χ0n) is 13.2. The number of hydrogen-bond donors (Lipinski definition) is 3. The Morgan fingerprint density at radius 3 is 2.50 bits per heavy atom. The average molecular weight is 388 g/mol. The van der Waals surface area contributed by atoms with Gasteiger partial charge in [-0.15, -0.1) is 0 Å². The summed E-state index contributed by atoms with van der Waals surface area (Å²) in [6, 6.07) is 5.96. The van der Waals surface area contributed by atoms with Gasteiger partial charge in [0.15, 0.2) is 5.11 Å². The summed E-state index contributed by atoms with van der Waals surface area (Å²) in [5.41, 5.74) is 1.56. The second-order valence-corrected chi connectivity index (χ2v) is 7.06. The van der Waals surface area contributed by atoms with Crippen LogP contribution in [-0.2, 0) is 4.74 Å². The fourth-order valence-electron chi connectivity index (χ4n) is 1.54. The molecule has 0 fully saturated rings. The number of nitrogens with one attached hydrogen (secondary N) is 3. The summed E-state index contributed by atoms with van der Waals surface area (Å²) in [6.45, 7) is 8.42. The number of halogens is 1. The lowest BCUT2D eigenvalue weighted by Crippen LogP contribution is -2.39. The normalized spacial score (nSPS) is 10.8. The van der Waals surface area contributed by atoms with E-state index in [-0.39, 0.29) is 0 Å². The number of carbonyl (C=O) groups excluding carboxylic acids is 1. The van der Waals surface area contributed by atoms with Crippen molar-refractivity contribution in [2.24, 2.45) is 0 Å². The van der Waals surface area contributed by atoms with Crippen molar-refractivity contribution < 1.29 is 9.53 Å². The molecule has 0 atom stereocenters. The van der Waals surface area contributed by atoms with Crippen LogP contribution in [0.1, 0.15) is 26.3 Å². The van der Waals surface area contributed by atoms with Gasteiger partial charge in [0.2, 0.25) is 0 Å². The van der Waals surface area contributed by atoms with Crippen molar-refractivity contribution in [2.75, 3.05) is 18.4 Å². The summed E-state index contributed by atoms with van der Waals surface area (Å²) in [4.78, 5) is 11.5. The van der Waals surface area contributed by atoms with E-state index >= 15 is 0 Å². The lowest BCUT2D eigenvalue weighted by atomic mass is 10.2. The van der Waals surface area contributed by atoms with E-state index in [9.17, 15) is 4.79 Å². The highest BCUT2D eigenvalue weighted by atomic mass is 79.9. The van der Waals surface area contributed by atoms with Crippen LogP contribution < -0.4 is 16.0 Å². The molecule has 1 amide bonds. The molecule has 0 heterocycles. The molecule has 3 N–H and O–H groups in total. The Kier molecular flexibility index (Phi) is 7.09. The zero-order chi connectivity index (χ0) is 16.8. The van der Waals surface area contributed by atoms with Crippen LogP contribution in [0, 0.1) is 6.92 Å². The van der Waals surface area contributed by atoms with Crippen LogP contribution in [-0.4, -0.2) is 29.9 Å². The molecule has 7 heteroatoms. The lowest BCUT2D eigenvalue weighted by molar-refractivity contribution is 0.0529. The summed E-state index contributed by atoms with van der Waals surface area (Å²) in [5, 5.41) is 9.27. The van der Waals surface area contributed by atoms with Gasteiger partial charge in [-0.05, 0) is 73.5 Å². The van der Waals surface area contributed by atoms with E-state index in [2.05, 4.69) is 31.9 Å². The summed E-state index contributed by atoms with van der Waals surface area (Å²) in [5.74, 6) is 0. The van der Waals surface area contributed by atoms with Crippen LogP contribution in [0.4, 0.5) is 10.5 Å². The first kappa shape index (κ1) is 18.7. The maximum absolute atomic E-state index is 11.5. The van der Waals surface area contributed by atoms with Gasteiger partial charge in [0.1, 0.15) is 5.60 Å². The Balaban J connectivity index is 2.28. The van der Waals surface area contributed by atoms with E-state index in [1.165, 1.54) is 0 Å². The first-order chi connectivity index (χ1) is 10.2. The zero-order valence-corrected chi connectivity index (χ0v) is 15.7. The van der Waals surface area contributed by atoms with Crippen LogP contribution in [0.5, 0.6) is 0 Å². The molecule has 22 heavy (non-hydrogen) atoms. The number of benzene rings is 1. The fraction of sp³-hybridized carbons (Fsp3) is 0.467. The fourth-order valence-corrected chi connectivity index (χ4v) is 2.35. The summed E-state index contributed by atoms with van der Waals surface area (Å²) in [7, 11) is 0. The van der Waals surface area contributed by atoms with Crippen LogP contribution in [0.25, 0.3) is 0 Å². The minimum absolute atomic E-state index is 0.422. The van der Waals surface area contributed by atoms with Gasteiger partial charge in [0, 0.05) is 17.6 Å². The van der Waals surface area contributed by atoms with Crippen molar-refractivity contribution >= 4 is 45.0 Å². The molecule has 0 bridgehead atoms. The minimum atomic E-state index is -0.494. The summed E-state index contributed by atoms with van der Waals surface area (Å²) >= 11 is 8.69. The predicted octanol–water partition coefficient (Wildman–Crippen LogP) is 3.57. The van der Waals surface area contributed by atoms with E-state index in [1.54, 1.807) is 0 Å². The molecule has 122 valence electrons. The number of aryl methyl sites for hydroxylation is 1. The van der Waals surface area contributed by atoms with Crippen LogP contribution in [0.2, 0.25) is 0 Å². The number of thiocarbonyl (C=S) groups is 1. The van der Waals surface area contributed by atoms with Crippen LogP contribution in [0.3, 0.4) is 0 Å². The maximum atomic E-state index is 11.5. The van der Waals surface area contributed by atoms with Gasteiger partial charge in [-0.1, -0.05) is 6.07 Å². The lowest BCUT2D eigenvalue weighted by Gasteiger charge is -2.19. The first-order valence-electron chi connectivity index (χ1n) is 6.95. The largest absolute Gasteiger partial charge is 0.444 e. The maximum Gasteiger partial charge on any atom is 0.407 e. The van der Waals surface area contributed by atoms with Gasteiger partial charge in [-0.2, -0.15) is 0 Å². The number of rotatable bonds is 4. The van der Waals surface area contributed by atoms with Gasteiger partial charge in [0.05, 0.1) is 5.69 Å². The van der Waals surface area contributed by atoms with E-state index < -0.39 is 11.7 Å². The number of amides is 1. The molecule has 0 radical (unpaired) electrons. The average Bonchev–Trinajstić information content (AvgIpc) is 2.36. The number of ether oxygens (including phenoxy) is 1. The van der Waals surface area contributed by atoms with Crippen molar-refractivity contribution in [1.82, 2.24) is 10.6 Å². The molecular weight excluding hydrogens is 366 g/mol. The molecule has 1 aromatic carbocycles. The Hall–Kier alpha value is -1.34. The number of alkyl carbamates (subject to hydrolysis) is 1. The predicted molar refractivity (Wildman–Crippen MR) is 97.3 cm³/mol. The third-order valence-corrected chi connectivity index (χ3v) is 3.35. The van der Waals surface area contributed by atoms with E-state index in [1.807, 2.05) is 45.9 Å². The van der Waals surface area contributed by atoms with Crippen molar-refractivity contribution in [3.63, 3.8) is 0 Å². The molecule has 0 aliphatic carbocycles. The topological polar surface area (TPSA) is 62.4 Å². The minimum Gasteiger partial charge on any atom is -0.444 e. The molecule has 0 spiro atoms. The Morgan fingerprint density at radius 2 is 1.91 bits per heavy atom. The van der Waals surface area contributed by atoms with Crippen molar-refractivity contribution in [1.29, 1.82) is 0 Å². The second kappa shape index (κ2) is 8.33. The number of carbonyl (C=O) groups is 1. The Morgan fingerprint density at radius 1 is 1.27 bits per heavy atom. The molecule has 5 nitrogen and oxygen atoms in total. The molecular formula is C15H22BrN3O2S. The van der Waals surface area contributed by atoms with Crippen molar-refractivity contribution in [3.8, 4) is 0 Å². The Labute approximate surface area is 145 Å². The summed E-state index contributed by atoms with van der Waals surface area (Å²) < 4.78 is 6.08. The monoisotopic (exact) mass is 387 g/mol. The second-order valence-electron chi connectivity index (χ2n) is 5.79. The third kappa shape index (κ3) is 7.61. The third-order valence-electron chi connectivity index (χ3n) is 2.45. The van der Waals surface area contributed by atoms with Crippen LogP contribution >= 0.6 is 28.1 Å². The molecule has 1 rings (SSSR count). The molecule has 0 unspecified atom stereocenters. The Bertz CT molecular complexity index is 544. The van der Waals surface area contributed by atoms with E-state index in [4.69, 9.17) is 17.0 Å². The quantitative estimate of drug-likeness (QED) is 0.544. The van der Waals surface area contributed by atoms with Gasteiger partial charge >= 0.3 is 6.09 Å². The van der Waals surface area contributed by atoms with Crippen LogP contribution in [0.15, 0.2) is 22.7 Å². The SMILES string of the molecule is Cc1ccc(NC(=S)NCCNC(=O)OC(C)(C)C)c(Br)c1. The highest BCUT2D eigenvalue weighted by molar-refractivity contribution is 9.10. The molecule has 0 saturated heterocycles. The molecule has 0 aromatic heterocycles. The smallest absolute Gasteiger partial charge is 0.407 e. The standard InChI is InChI=1S/C15H22BrN3O2S/c1-10-5-6-12(11(16)9-10)19-13(22)17-7-8-18-14(20)21-15(2,3)4/h5-6,9H,7-8H2,1-4H3,(H,18,20)(H2,17,19,22). The number of hydrogen-bond acceptors (Lipinski definition) is 3. The summed E-state index contributed by atoms with van der Waals surface area (Å²) in [6.07, 6.45) is -0.436. The molecule has 0 aliphatic rings. The molecule has 1 aromatic rings. The highest BCUT2D eigenvalue weighted by Gasteiger charge is 2.15. The van der Waals surface area contributed by atoms with Gasteiger partial charge < -0.3 is 20.7 Å². The molecule has 0 saturated carbocycles. The number of anilines is 1. The van der Waals surface area contributed by atoms with E-state index in [0.29, 0.717) is 18.2 Å². The van der Waals surface area contributed by atoms with Gasteiger partial charge in [0.25, 0.3) is 0 Å². The van der Waals surface area contributed by atoms with Gasteiger partial charge in [-0.25, -0.2) is 4.79 Å². The first-order valence-corrected chi connectivity index (χ1v) is 8.15. The van der Waals surface area contributed by atoms with Gasteiger partial charge in [-0.3, -0.25) is 0 Å². The van der Waals surface area contributed by atoms with E-state index in [0.717, 1.165) is 15.7 Å². The molecule has 0 aliphatic heterocycles. The van der Waals surface area contributed by atoms with Crippen molar-refractivity contribution in [3.05, 3.63) is 28.2 Å². The van der Waals surface area contributed by atoms with Crippen molar-refractivity contribution in [2.45, 2.75) is 33.3 Å².